The third-order valence-electron chi connectivity index (χ3n) is 1.97. The molecule has 0 aromatic heterocycles. The maximum Gasteiger partial charge on any atom is 0.223 e. The lowest BCUT2D eigenvalue weighted by Crippen LogP contribution is -2.37. The van der Waals surface area contributed by atoms with Crippen molar-refractivity contribution in [3.8, 4) is 0 Å². The second kappa shape index (κ2) is 6.79. The summed E-state index contributed by atoms with van der Waals surface area (Å²) in [6.07, 6.45) is 0.574. The Morgan fingerprint density at radius 2 is 1.86 bits per heavy atom. The van der Waals surface area contributed by atoms with Crippen LogP contribution >= 0.6 is 0 Å². The van der Waals surface area contributed by atoms with Gasteiger partial charge in [-0.1, -0.05) is 0 Å². The van der Waals surface area contributed by atoms with Crippen LogP contribution in [0, 0.1) is 0 Å². The molecule has 0 aliphatic rings. The summed E-state index contributed by atoms with van der Waals surface area (Å²) in [6.45, 7) is 3.88. The Hall–Kier alpha value is -0.610. The van der Waals surface area contributed by atoms with E-state index in [0.717, 1.165) is 13.1 Å². The van der Waals surface area contributed by atoms with Crippen molar-refractivity contribution >= 4 is 5.91 Å². The molecule has 1 amide bonds. The molecule has 0 fully saturated rings. The van der Waals surface area contributed by atoms with E-state index in [1.807, 2.05) is 14.1 Å². The average Bonchev–Trinajstić information content (AvgIpc) is 2.02. The number of hydrogen-bond donors (Lipinski definition) is 1. The van der Waals surface area contributed by atoms with Crippen molar-refractivity contribution in [3.05, 3.63) is 0 Å². The molecular formula is C10H23N3O. The highest BCUT2D eigenvalue weighted by molar-refractivity contribution is 5.75. The maximum absolute atomic E-state index is 11.2. The SMILES string of the molecule is CC(CN(C)C)NCCC(=O)N(C)C. The predicted molar refractivity (Wildman–Crippen MR) is 59.3 cm³/mol. The molecule has 0 spiro atoms. The highest BCUT2D eigenvalue weighted by Crippen LogP contribution is 1.88. The van der Waals surface area contributed by atoms with Gasteiger partial charge in [-0.2, -0.15) is 0 Å². The van der Waals surface area contributed by atoms with Crippen LogP contribution < -0.4 is 5.32 Å². The number of rotatable bonds is 6. The quantitative estimate of drug-likeness (QED) is 0.657. The second-order valence-electron chi connectivity index (χ2n) is 4.16. The molecule has 4 heteroatoms. The van der Waals surface area contributed by atoms with E-state index in [-0.39, 0.29) is 5.91 Å². The van der Waals surface area contributed by atoms with Crippen LogP contribution in [0.5, 0.6) is 0 Å². The summed E-state index contributed by atoms with van der Waals surface area (Å²) in [7, 11) is 7.66. The van der Waals surface area contributed by atoms with Crippen LogP contribution in [0.4, 0.5) is 0 Å². The molecule has 0 saturated heterocycles. The summed E-state index contributed by atoms with van der Waals surface area (Å²) in [6, 6.07) is 0.431. The van der Waals surface area contributed by atoms with Gasteiger partial charge in [-0.15, -0.1) is 0 Å². The average molecular weight is 201 g/mol. The summed E-state index contributed by atoms with van der Waals surface area (Å²) in [5.74, 6) is 0.176. The molecule has 0 aromatic rings. The molecule has 14 heavy (non-hydrogen) atoms. The van der Waals surface area contributed by atoms with E-state index in [4.69, 9.17) is 0 Å². The summed E-state index contributed by atoms with van der Waals surface area (Å²) in [4.78, 5) is 15.0. The van der Waals surface area contributed by atoms with Crippen LogP contribution in [0.3, 0.4) is 0 Å². The van der Waals surface area contributed by atoms with Gasteiger partial charge in [-0.3, -0.25) is 4.79 Å². The van der Waals surface area contributed by atoms with Gasteiger partial charge in [0.05, 0.1) is 0 Å². The molecule has 0 aromatic carbocycles. The minimum Gasteiger partial charge on any atom is -0.349 e. The first kappa shape index (κ1) is 13.4. The van der Waals surface area contributed by atoms with Gasteiger partial charge in [0.2, 0.25) is 5.91 Å². The van der Waals surface area contributed by atoms with Gasteiger partial charge >= 0.3 is 0 Å². The number of likely N-dealkylation sites (N-methyl/N-ethyl adjacent to an activating group) is 1. The van der Waals surface area contributed by atoms with E-state index in [2.05, 4.69) is 17.1 Å². The van der Waals surface area contributed by atoms with E-state index in [9.17, 15) is 4.79 Å². The Kier molecular flexibility index (Phi) is 6.49. The first-order valence-corrected chi connectivity index (χ1v) is 5.01. The van der Waals surface area contributed by atoms with Gasteiger partial charge in [0.25, 0.3) is 0 Å². The summed E-state index contributed by atoms with van der Waals surface area (Å²) in [5.41, 5.74) is 0. The van der Waals surface area contributed by atoms with Crippen LogP contribution in [-0.2, 0) is 4.79 Å². The molecule has 0 aliphatic carbocycles. The largest absolute Gasteiger partial charge is 0.349 e. The molecule has 0 bridgehead atoms. The minimum absolute atomic E-state index is 0.176. The summed E-state index contributed by atoms with van der Waals surface area (Å²) >= 11 is 0. The smallest absolute Gasteiger partial charge is 0.223 e. The molecule has 0 aliphatic heterocycles. The first-order valence-electron chi connectivity index (χ1n) is 5.01. The summed E-state index contributed by atoms with van der Waals surface area (Å²) < 4.78 is 0. The van der Waals surface area contributed by atoms with Crippen LogP contribution in [0.25, 0.3) is 0 Å². The molecule has 1 atom stereocenters. The number of carbonyl (C=O) groups is 1. The van der Waals surface area contributed by atoms with Crippen LogP contribution in [0.1, 0.15) is 13.3 Å². The lowest BCUT2D eigenvalue weighted by molar-refractivity contribution is -0.128. The molecule has 0 heterocycles. The van der Waals surface area contributed by atoms with Crippen molar-refractivity contribution in [1.29, 1.82) is 0 Å². The maximum atomic E-state index is 11.2. The highest BCUT2D eigenvalue weighted by Gasteiger charge is 2.05. The fourth-order valence-electron chi connectivity index (χ4n) is 1.26. The third kappa shape index (κ3) is 6.86. The second-order valence-corrected chi connectivity index (χ2v) is 4.16. The Bertz CT molecular complexity index is 169. The molecule has 1 unspecified atom stereocenters. The zero-order chi connectivity index (χ0) is 11.1. The van der Waals surface area contributed by atoms with Crippen molar-refractivity contribution in [2.24, 2.45) is 0 Å². The third-order valence-corrected chi connectivity index (χ3v) is 1.97. The molecular weight excluding hydrogens is 178 g/mol. The Morgan fingerprint density at radius 1 is 1.29 bits per heavy atom. The minimum atomic E-state index is 0.176. The number of nitrogens with one attached hydrogen (secondary N) is 1. The van der Waals surface area contributed by atoms with Crippen molar-refractivity contribution < 1.29 is 4.79 Å². The van der Waals surface area contributed by atoms with Crippen molar-refractivity contribution in [1.82, 2.24) is 15.1 Å². The number of hydrogen-bond acceptors (Lipinski definition) is 3. The van der Waals surface area contributed by atoms with Gasteiger partial charge in [-0.25, -0.2) is 0 Å². The fraction of sp³-hybridized carbons (Fsp3) is 0.900. The van der Waals surface area contributed by atoms with E-state index in [1.165, 1.54) is 0 Å². The zero-order valence-electron chi connectivity index (χ0n) is 10.0. The van der Waals surface area contributed by atoms with Crippen LogP contribution in [0.2, 0.25) is 0 Å². The van der Waals surface area contributed by atoms with Crippen molar-refractivity contribution in [2.45, 2.75) is 19.4 Å². The number of carbonyl (C=O) groups excluding carboxylic acids is 1. The van der Waals surface area contributed by atoms with Crippen LogP contribution in [-0.4, -0.2) is 63.0 Å². The lowest BCUT2D eigenvalue weighted by atomic mass is 10.3. The van der Waals surface area contributed by atoms with E-state index in [1.54, 1.807) is 19.0 Å². The molecule has 0 rings (SSSR count). The highest BCUT2D eigenvalue weighted by atomic mass is 16.2. The molecule has 0 radical (unpaired) electrons. The zero-order valence-corrected chi connectivity index (χ0v) is 10.0. The van der Waals surface area contributed by atoms with Gasteiger partial charge < -0.3 is 15.1 Å². The van der Waals surface area contributed by atoms with Gasteiger partial charge in [0.1, 0.15) is 0 Å². The topological polar surface area (TPSA) is 35.6 Å². The number of amides is 1. The molecule has 1 N–H and O–H groups in total. The van der Waals surface area contributed by atoms with Crippen molar-refractivity contribution in [3.63, 3.8) is 0 Å². The Labute approximate surface area is 87.3 Å². The normalized spacial score (nSPS) is 13.0. The fourth-order valence-corrected chi connectivity index (χ4v) is 1.26. The van der Waals surface area contributed by atoms with Gasteiger partial charge in [0, 0.05) is 39.6 Å². The number of nitrogens with zero attached hydrogens (tertiary/aromatic N) is 2. The first-order chi connectivity index (χ1) is 6.43. The molecule has 4 nitrogen and oxygen atoms in total. The monoisotopic (exact) mass is 201 g/mol. The molecule has 0 saturated carbocycles. The predicted octanol–water partition coefficient (Wildman–Crippen LogP) is 0.00440. The van der Waals surface area contributed by atoms with E-state index >= 15 is 0 Å². The standard InChI is InChI=1S/C10H23N3O/c1-9(8-12(2)3)11-7-6-10(14)13(4)5/h9,11H,6-8H2,1-5H3. The molecule has 84 valence electrons. The van der Waals surface area contributed by atoms with Crippen molar-refractivity contribution in [2.75, 3.05) is 41.3 Å². The van der Waals surface area contributed by atoms with E-state index in [0.29, 0.717) is 12.5 Å². The Balaban J connectivity index is 3.49. The van der Waals surface area contributed by atoms with Crippen LogP contribution in [0.15, 0.2) is 0 Å². The van der Waals surface area contributed by atoms with Gasteiger partial charge in [-0.05, 0) is 21.0 Å². The van der Waals surface area contributed by atoms with Gasteiger partial charge in [0.15, 0.2) is 0 Å². The Morgan fingerprint density at radius 3 is 2.29 bits per heavy atom. The lowest BCUT2D eigenvalue weighted by Gasteiger charge is -2.18. The van der Waals surface area contributed by atoms with E-state index < -0.39 is 0 Å². The summed E-state index contributed by atoms with van der Waals surface area (Å²) in [5, 5.41) is 3.31.